The second kappa shape index (κ2) is 6.40. The Bertz CT molecular complexity index is 636. The van der Waals surface area contributed by atoms with Gasteiger partial charge in [-0.05, 0) is 25.2 Å². The molecule has 124 valence electrons. The number of carbonyl (C=O) groups is 1. The van der Waals surface area contributed by atoms with Crippen molar-refractivity contribution in [2.24, 2.45) is 5.92 Å². The van der Waals surface area contributed by atoms with E-state index in [-0.39, 0.29) is 11.9 Å². The molecule has 0 radical (unpaired) electrons. The highest BCUT2D eigenvalue weighted by Crippen LogP contribution is 2.29. The van der Waals surface area contributed by atoms with Gasteiger partial charge in [-0.1, -0.05) is 13.8 Å². The fourth-order valence-electron chi connectivity index (χ4n) is 3.15. The van der Waals surface area contributed by atoms with E-state index < -0.39 is 15.1 Å². The number of rotatable bonds is 5. The molecule has 1 aliphatic carbocycles. The van der Waals surface area contributed by atoms with Crippen LogP contribution in [-0.4, -0.2) is 53.6 Å². The van der Waals surface area contributed by atoms with Gasteiger partial charge in [0, 0.05) is 32.1 Å². The molecule has 1 fully saturated rings. The molecule has 0 spiro atoms. The van der Waals surface area contributed by atoms with Gasteiger partial charge in [-0.25, -0.2) is 8.42 Å². The van der Waals surface area contributed by atoms with Crippen LogP contribution < -0.4 is 0 Å². The van der Waals surface area contributed by atoms with E-state index in [1.165, 1.54) is 6.26 Å². The lowest BCUT2D eigenvalue weighted by atomic mass is 10.2. The van der Waals surface area contributed by atoms with Gasteiger partial charge in [0.15, 0.2) is 9.84 Å². The first-order valence-corrected chi connectivity index (χ1v) is 9.64. The largest absolute Gasteiger partial charge is 0.337 e. The van der Waals surface area contributed by atoms with Crippen molar-refractivity contribution in [2.75, 3.05) is 13.3 Å². The summed E-state index contributed by atoms with van der Waals surface area (Å²) in [5, 5.41) is 3.75. The summed E-state index contributed by atoms with van der Waals surface area (Å²) in [5.41, 5.74) is 0.516. The van der Waals surface area contributed by atoms with Gasteiger partial charge in [0.2, 0.25) is 0 Å². The highest BCUT2D eigenvalue weighted by molar-refractivity contribution is 7.91. The molecule has 2 rings (SSSR count). The standard InChI is InChI=1S/C15H25N3O3S/c1-11(2)9-18-10-12(8-16-18)15(19)17(3)13-6-5-7-14(13)22(4,20)21/h8,10-11,13-14H,5-7,9H2,1-4H3. The first kappa shape index (κ1) is 17.0. The van der Waals surface area contributed by atoms with E-state index in [4.69, 9.17) is 0 Å². The molecule has 2 atom stereocenters. The topological polar surface area (TPSA) is 72.3 Å². The molecule has 1 amide bonds. The van der Waals surface area contributed by atoms with Crippen LogP contribution in [0.2, 0.25) is 0 Å². The van der Waals surface area contributed by atoms with E-state index in [1.54, 1.807) is 29.0 Å². The van der Waals surface area contributed by atoms with Gasteiger partial charge in [-0.15, -0.1) is 0 Å². The Balaban J connectivity index is 2.13. The minimum absolute atomic E-state index is 0.157. The molecular weight excluding hydrogens is 302 g/mol. The first-order chi connectivity index (χ1) is 10.2. The Morgan fingerprint density at radius 2 is 2.14 bits per heavy atom. The summed E-state index contributed by atoms with van der Waals surface area (Å²) >= 11 is 0. The summed E-state index contributed by atoms with van der Waals surface area (Å²) in [4.78, 5) is 14.2. The Kier molecular flexibility index (Phi) is 4.94. The Labute approximate surface area is 132 Å². The van der Waals surface area contributed by atoms with Crippen LogP contribution >= 0.6 is 0 Å². The number of hydrogen-bond acceptors (Lipinski definition) is 4. The Morgan fingerprint density at radius 3 is 2.73 bits per heavy atom. The highest BCUT2D eigenvalue weighted by Gasteiger charge is 2.39. The molecule has 22 heavy (non-hydrogen) atoms. The van der Waals surface area contributed by atoms with Crippen LogP contribution in [0.3, 0.4) is 0 Å². The third kappa shape index (κ3) is 3.69. The minimum Gasteiger partial charge on any atom is -0.337 e. The zero-order valence-corrected chi connectivity index (χ0v) is 14.5. The number of aromatic nitrogens is 2. The number of carbonyl (C=O) groups excluding carboxylic acids is 1. The minimum atomic E-state index is -3.14. The molecule has 1 saturated carbocycles. The van der Waals surface area contributed by atoms with E-state index >= 15 is 0 Å². The third-order valence-electron chi connectivity index (χ3n) is 4.22. The molecule has 0 saturated heterocycles. The van der Waals surface area contributed by atoms with Crippen LogP contribution in [0, 0.1) is 5.92 Å². The number of hydrogen-bond donors (Lipinski definition) is 0. The SMILES string of the molecule is CC(C)Cn1cc(C(=O)N(C)C2CCCC2S(C)(=O)=O)cn1. The fourth-order valence-corrected chi connectivity index (χ4v) is 4.64. The van der Waals surface area contributed by atoms with Gasteiger partial charge in [0.1, 0.15) is 0 Å². The summed E-state index contributed by atoms with van der Waals surface area (Å²) in [5.74, 6) is 0.292. The van der Waals surface area contributed by atoms with E-state index in [1.807, 2.05) is 0 Å². The average molecular weight is 327 g/mol. The lowest BCUT2D eigenvalue weighted by Crippen LogP contribution is -2.44. The average Bonchev–Trinajstić information content (AvgIpc) is 3.03. The summed E-state index contributed by atoms with van der Waals surface area (Å²) < 4.78 is 25.5. The lowest BCUT2D eigenvalue weighted by Gasteiger charge is -2.28. The first-order valence-electron chi connectivity index (χ1n) is 7.68. The van der Waals surface area contributed by atoms with Crippen molar-refractivity contribution in [3.05, 3.63) is 18.0 Å². The molecule has 1 heterocycles. The Hall–Kier alpha value is -1.37. The van der Waals surface area contributed by atoms with Crippen molar-refractivity contribution in [3.63, 3.8) is 0 Å². The number of amides is 1. The van der Waals surface area contributed by atoms with E-state index in [0.29, 0.717) is 17.9 Å². The van der Waals surface area contributed by atoms with Crippen molar-refractivity contribution in [3.8, 4) is 0 Å². The number of nitrogens with zero attached hydrogens (tertiary/aromatic N) is 3. The lowest BCUT2D eigenvalue weighted by molar-refractivity contribution is 0.0737. The van der Waals surface area contributed by atoms with Gasteiger partial charge in [0.25, 0.3) is 5.91 Å². The van der Waals surface area contributed by atoms with Gasteiger partial charge in [-0.2, -0.15) is 5.10 Å². The van der Waals surface area contributed by atoms with Crippen LogP contribution in [0.4, 0.5) is 0 Å². The normalized spacial score (nSPS) is 22.2. The van der Waals surface area contributed by atoms with Gasteiger partial charge < -0.3 is 4.90 Å². The zero-order valence-electron chi connectivity index (χ0n) is 13.7. The monoisotopic (exact) mass is 327 g/mol. The van der Waals surface area contributed by atoms with Gasteiger partial charge >= 0.3 is 0 Å². The smallest absolute Gasteiger partial charge is 0.257 e. The predicted octanol–water partition coefficient (Wildman–Crippen LogP) is 1.58. The van der Waals surface area contributed by atoms with Gasteiger partial charge in [0.05, 0.1) is 17.0 Å². The van der Waals surface area contributed by atoms with Crippen molar-refractivity contribution in [1.29, 1.82) is 0 Å². The zero-order chi connectivity index (χ0) is 16.5. The van der Waals surface area contributed by atoms with Crippen molar-refractivity contribution in [2.45, 2.75) is 50.9 Å². The summed E-state index contributed by atoms with van der Waals surface area (Å²) in [6.45, 7) is 4.93. The second-order valence-electron chi connectivity index (χ2n) is 6.63. The third-order valence-corrected chi connectivity index (χ3v) is 5.87. The van der Waals surface area contributed by atoms with Crippen LogP contribution in [0.5, 0.6) is 0 Å². The molecule has 1 aromatic rings. The van der Waals surface area contributed by atoms with Gasteiger partial charge in [-0.3, -0.25) is 9.48 Å². The molecule has 1 aromatic heterocycles. The van der Waals surface area contributed by atoms with E-state index in [9.17, 15) is 13.2 Å². The molecule has 6 nitrogen and oxygen atoms in total. The van der Waals surface area contributed by atoms with Crippen molar-refractivity contribution < 1.29 is 13.2 Å². The van der Waals surface area contributed by atoms with Crippen LogP contribution in [0.25, 0.3) is 0 Å². The summed E-state index contributed by atoms with van der Waals surface area (Å²) in [7, 11) is -1.45. The van der Waals surface area contributed by atoms with E-state index in [2.05, 4.69) is 18.9 Å². The molecule has 1 aliphatic rings. The van der Waals surface area contributed by atoms with Crippen LogP contribution in [0.15, 0.2) is 12.4 Å². The maximum absolute atomic E-state index is 12.6. The van der Waals surface area contributed by atoms with E-state index in [0.717, 1.165) is 19.4 Å². The quantitative estimate of drug-likeness (QED) is 0.823. The molecule has 7 heteroatoms. The fraction of sp³-hybridized carbons (Fsp3) is 0.733. The molecule has 0 N–H and O–H groups in total. The summed E-state index contributed by atoms with van der Waals surface area (Å²) in [6, 6.07) is -0.240. The second-order valence-corrected chi connectivity index (χ2v) is 8.89. The highest BCUT2D eigenvalue weighted by atomic mass is 32.2. The Morgan fingerprint density at radius 1 is 1.45 bits per heavy atom. The predicted molar refractivity (Wildman–Crippen MR) is 85.4 cm³/mol. The van der Waals surface area contributed by atoms with Crippen LogP contribution in [-0.2, 0) is 16.4 Å². The number of sulfone groups is 1. The molecule has 2 unspecified atom stereocenters. The molecule has 0 aromatic carbocycles. The molecular formula is C15H25N3O3S. The maximum Gasteiger partial charge on any atom is 0.257 e. The summed E-state index contributed by atoms with van der Waals surface area (Å²) in [6.07, 6.45) is 6.77. The maximum atomic E-state index is 12.6. The van der Waals surface area contributed by atoms with Crippen molar-refractivity contribution >= 4 is 15.7 Å². The molecule has 0 bridgehead atoms. The van der Waals surface area contributed by atoms with Crippen LogP contribution in [0.1, 0.15) is 43.5 Å². The molecule has 0 aliphatic heterocycles. The van der Waals surface area contributed by atoms with Crippen molar-refractivity contribution in [1.82, 2.24) is 14.7 Å².